The van der Waals surface area contributed by atoms with Crippen molar-refractivity contribution in [2.75, 3.05) is 5.32 Å². The minimum absolute atomic E-state index is 0.00832. The SMILES string of the molecule is Cc1ccn2nc(NC(C)c3nncn3C)nc2c1. The maximum atomic E-state index is 4.44. The van der Waals surface area contributed by atoms with Crippen LogP contribution in [-0.4, -0.2) is 29.4 Å². The quantitative estimate of drug-likeness (QED) is 0.766. The van der Waals surface area contributed by atoms with Gasteiger partial charge in [0.05, 0.1) is 6.04 Å². The van der Waals surface area contributed by atoms with Crippen LogP contribution in [0.4, 0.5) is 5.95 Å². The summed E-state index contributed by atoms with van der Waals surface area (Å²) in [6, 6.07) is 3.98. The number of anilines is 1. The fourth-order valence-electron chi connectivity index (χ4n) is 1.99. The highest BCUT2D eigenvalue weighted by Crippen LogP contribution is 2.15. The van der Waals surface area contributed by atoms with E-state index in [4.69, 9.17) is 0 Å². The van der Waals surface area contributed by atoms with Crippen LogP contribution >= 0.6 is 0 Å². The van der Waals surface area contributed by atoms with E-state index in [1.165, 1.54) is 0 Å². The normalized spacial score (nSPS) is 12.8. The average Bonchev–Trinajstić information content (AvgIpc) is 2.94. The Morgan fingerprint density at radius 3 is 2.95 bits per heavy atom. The Hall–Kier alpha value is -2.44. The maximum absolute atomic E-state index is 4.44. The minimum Gasteiger partial charge on any atom is -0.343 e. The zero-order valence-electron chi connectivity index (χ0n) is 11.1. The van der Waals surface area contributed by atoms with Crippen molar-refractivity contribution in [1.82, 2.24) is 29.4 Å². The summed E-state index contributed by atoms with van der Waals surface area (Å²) in [5, 5.41) is 15.5. The first-order valence-corrected chi connectivity index (χ1v) is 6.07. The van der Waals surface area contributed by atoms with Gasteiger partial charge < -0.3 is 9.88 Å². The molecular weight excluding hydrogens is 242 g/mol. The summed E-state index contributed by atoms with van der Waals surface area (Å²) >= 11 is 0. The van der Waals surface area contributed by atoms with Crippen LogP contribution < -0.4 is 5.32 Å². The molecule has 0 saturated heterocycles. The van der Waals surface area contributed by atoms with Crippen LogP contribution in [0.15, 0.2) is 24.7 Å². The van der Waals surface area contributed by atoms with Gasteiger partial charge in [-0.25, -0.2) is 4.52 Å². The second-order valence-electron chi connectivity index (χ2n) is 4.61. The number of aromatic nitrogens is 6. The number of nitrogens with zero attached hydrogens (tertiary/aromatic N) is 6. The molecule has 0 fully saturated rings. The number of pyridine rings is 1. The van der Waals surface area contributed by atoms with Crippen LogP contribution in [-0.2, 0) is 7.05 Å². The molecule has 0 aliphatic rings. The van der Waals surface area contributed by atoms with Crippen molar-refractivity contribution in [3.8, 4) is 0 Å². The summed E-state index contributed by atoms with van der Waals surface area (Å²) in [6.07, 6.45) is 3.57. The van der Waals surface area contributed by atoms with Crippen molar-refractivity contribution in [2.45, 2.75) is 19.9 Å². The van der Waals surface area contributed by atoms with E-state index in [0.29, 0.717) is 5.95 Å². The molecule has 0 bridgehead atoms. The third-order valence-corrected chi connectivity index (χ3v) is 2.97. The van der Waals surface area contributed by atoms with Gasteiger partial charge in [-0.1, -0.05) is 0 Å². The smallest absolute Gasteiger partial charge is 0.243 e. The molecule has 98 valence electrons. The van der Waals surface area contributed by atoms with Gasteiger partial charge in [-0.15, -0.1) is 15.3 Å². The first-order chi connectivity index (χ1) is 9.13. The molecule has 1 unspecified atom stereocenters. The highest BCUT2D eigenvalue weighted by molar-refractivity contribution is 5.45. The number of hydrogen-bond acceptors (Lipinski definition) is 5. The first kappa shape index (κ1) is 11.6. The molecule has 7 nitrogen and oxygen atoms in total. The summed E-state index contributed by atoms with van der Waals surface area (Å²) in [4.78, 5) is 4.44. The standard InChI is InChI=1S/C12H15N7/c1-8-4-5-19-10(6-8)15-12(17-19)14-9(2)11-16-13-7-18(11)3/h4-7,9H,1-3H3,(H,14,17). The zero-order chi connectivity index (χ0) is 13.4. The predicted molar refractivity (Wildman–Crippen MR) is 70.8 cm³/mol. The van der Waals surface area contributed by atoms with Gasteiger partial charge in [-0.3, -0.25) is 0 Å². The van der Waals surface area contributed by atoms with E-state index in [1.54, 1.807) is 10.8 Å². The number of aryl methyl sites for hydroxylation is 2. The molecule has 3 heterocycles. The predicted octanol–water partition coefficient (Wildman–Crippen LogP) is 1.34. The molecule has 0 aliphatic heterocycles. The summed E-state index contributed by atoms with van der Waals surface area (Å²) in [5.74, 6) is 1.43. The van der Waals surface area contributed by atoms with Gasteiger partial charge in [0.1, 0.15) is 6.33 Å². The highest BCUT2D eigenvalue weighted by Gasteiger charge is 2.13. The van der Waals surface area contributed by atoms with Crippen LogP contribution in [0, 0.1) is 6.92 Å². The van der Waals surface area contributed by atoms with Crippen LogP contribution in [0.25, 0.3) is 5.65 Å². The Balaban J connectivity index is 1.87. The Morgan fingerprint density at radius 1 is 1.37 bits per heavy atom. The molecule has 1 atom stereocenters. The molecule has 3 aromatic rings. The van der Waals surface area contributed by atoms with Crippen molar-refractivity contribution >= 4 is 11.6 Å². The zero-order valence-corrected chi connectivity index (χ0v) is 11.1. The lowest BCUT2D eigenvalue weighted by molar-refractivity contribution is 0.712. The van der Waals surface area contributed by atoms with Crippen molar-refractivity contribution in [2.24, 2.45) is 7.05 Å². The number of fused-ring (bicyclic) bond motifs is 1. The van der Waals surface area contributed by atoms with Crippen LogP contribution in [0.2, 0.25) is 0 Å². The largest absolute Gasteiger partial charge is 0.343 e. The lowest BCUT2D eigenvalue weighted by Gasteiger charge is -2.10. The third kappa shape index (κ3) is 2.14. The lowest BCUT2D eigenvalue weighted by Crippen LogP contribution is -2.12. The van der Waals surface area contributed by atoms with Crippen molar-refractivity contribution in [3.05, 3.63) is 36.0 Å². The van der Waals surface area contributed by atoms with E-state index in [-0.39, 0.29) is 6.04 Å². The second-order valence-corrected chi connectivity index (χ2v) is 4.61. The minimum atomic E-state index is -0.00832. The van der Waals surface area contributed by atoms with Crippen LogP contribution in [0.3, 0.4) is 0 Å². The molecule has 1 N–H and O–H groups in total. The van der Waals surface area contributed by atoms with Gasteiger partial charge in [0.15, 0.2) is 11.5 Å². The van der Waals surface area contributed by atoms with Gasteiger partial charge in [-0.2, -0.15) is 4.98 Å². The number of nitrogens with one attached hydrogen (secondary N) is 1. The van der Waals surface area contributed by atoms with Crippen molar-refractivity contribution in [3.63, 3.8) is 0 Å². The summed E-state index contributed by atoms with van der Waals surface area (Å²) in [7, 11) is 1.91. The molecule has 0 saturated carbocycles. The molecule has 0 aliphatic carbocycles. The monoisotopic (exact) mass is 257 g/mol. The van der Waals surface area contributed by atoms with Crippen LogP contribution in [0.1, 0.15) is 24.4 Å². The van der Waals surface area contributed by atoms with E-state index in [0.717, 1.165) is 17.0 Å². The fourth-order valence-corrected chi connectivity index (χ4v) is 1.99. The van der Waals surface area contributed by atoms with Gasteiger partial charge in [0.25, 0.3) is 0 Å². The van der Waals surface area contributed by atoms with Gasteiger partial charge in [0.2, 0.25) is 5.95 Å². The Labute approximate surface area is 110 Å². The van der Waals surface area contributed by atoms with Crippen LogP contribution in [0.5, 0.6) is 0 Å². The topological polar surface area (TPSA) is 72.9 Å². The molecular formula is C12H15N7. The Morgan fingerprint density at radius 2 is 2.21 bits per heavy atom. The van der Waals surface area contributed by atoms with Gasteiger partial charge in [0, 0.05) is 13.2 Å². The average molecular weight is 257 g/mol. The van der Waals surface area contributed by atoms with E-state index in [1.807, 2.05) is 43.8 Å². The summed E-state index contributed by atoms with van der Waals surface area (Å²) in [6.45, 7) is 4.03. The summed E-state index contributed by atoms with van der Waals surface area (Å²) in [5.41, 5.74) is 1.99. The summed E-state index contributed by atoms with van der Waals surface area (Å²) < 4.78 is 3.62. The maximum Gasteiger partial charge on any atom is 0.243 e. The molecule has 3 rings (SSSR count). The van der Waals surface area contributed by atoms with E-state index in [2.05, 4.69) is 25.6 Å². The van der Waals surface area contributed by atoms with Crippen molar-refractivity contribution in [1.29, 1.82) is 0 Å². The molecule has 0 amide bonds. The molecule has 0 radical (unpaired) electrons. The van der Waals surface area contributed by atoms with E-state index >= 15 is 0 Å². The molecule has 0 aromatic carbocycles. The first-order valence-electron chi connectivity index (χ1n) is 6.07. The van der Waals surface area contributed by atoms with Crippen molar-refractivity contribution < 1.29 is 0 Å². The van der Waals surface area contributed by atoms with Gasteiger partial charge >= 0.3 is 0 Å². The lowest BCUT2D eigenvalue weighted by atomic mass is 10.3. The second kappa shape index (κ2) is 4.34. The molecule has 3 aromatic heterocycles. The molecule has 19 heavy (non-hydrogen) atoms. The Kier molecular flexibility index (Phi) is 2.66. The molecule has 0 spiro atoms. The Bertz CT molecular complexity index is 712. The number of hydrogen-bond donors (Lipinski definition) is 1. The van der Waals surface area contributed by atoms with E-state index in [9.17, 15) is 0 Å². The highest BCUT2D eigenvalue weighted by atomic mass is 15.4. The molecule has 7 heteroatoms. The fraction of sp³-hybridized carbons (Fsp3) is 0.333. The van der Waals surface area contributed by atoms with Gasteiger partial charge in [-0.05, 0) is 31.5 Å². The van der Waals surface area contributed by atoms with E-state index < -0.39 is 0 Å². The number of rotatable bonds is 3. The third-order valence-electron chi connectivity index (χ3n) is 2.97.